The van der Waals surface area contributed by atoms with E-state index in [0.29, 0.717) is 11.4 Å². The SMILES string of the molecule is CCOc1ccc(-n2c(=S)[nH]c3sc4c(c3c2=O)CCC4)cc1. The number of hydrogen-bond acceptors (Lipinski definition) is 4. The van der Waals surface area contributed by atoms with Crippen molar-refractivity contribution in [2.75, 3.05) is 6.61 Å². The van der Waals surface area contributed by atoms with Gasteiger partial charge in [-0.15, -0.1) is 11.3 Å². The molecule has 0 atom stereocenters. The standard InChI is InChI=1S/C17H16N2O2S2/c1-2-21-11-8-6-10(7-9-11)19-16(20)14-12-4-3-5-13(12)23-15(14)18-17(19)22/h6-9H,2-5H2,1H3,(H,18,22). The van der Waals surface area contributed by atoms with E-state index in [1.54, 1.807) is 15.9 Å². The summed E-state index contributed by atoms with van der Waals surface area (Å²) in [5.74, 6) is 0.789. The molecule has 4 rings (SSSR count). The minimum absolute atomic E-state index is 0.0210. The molecule has 23 heavy (non-hydrogen) atoms. The zero-order chi connectivity index (χ0) is 16.0. The average molecular weight is 344 g/mol. The van der Waals surface area contributed by atoms with E-state index in [-0.39, 0.29) is 5.56 Å². The summed E-state index contributed by atoms with van der Waals surface area (Å²) < 4.78 is 7.47. The van der Waals surface area contributed by atoms with Crippen molar-refractivity contribution in [2.24, 2.45) is 0 Å². The van der Waals surface area contributed by atoms with Crippen LogP contribution in [0.3, 0.4) is 0 Å². The highest BCUT2D eigenvalue weighted by atomic mass is 32.1. The first-order valence-electron chi connectivity index (χ1n) is 7.72. The van der Waals surface area contributed by atoms with Crippen molar-refractivity contribution in [3.8, 4) is 11.4 Å². The van der Waals surface area contributed by atoms with E-state index in [1.165, 1.54) is 10.4 Å². The lowest BCUT2D eigenvalue weighted by Crippen LogP contribution is -2.20. The third-order valence-corrected chi connectivity index (χ3v) is 5.66. The van der Waals surface area contributed by atoms with Crippen molar-refractivity contribution >= 4 is 33.8 Å². The second-order valence-corrected chi connectivity index (χ2v) is 7.05. The van der Waals surface area contributed by atoms with Crippen molar-refractivity contribution < 1.29 is 4.74 Å². The Kier molecular flexibility index (Phi) is 3.58. The maximum absolute atomic E-state index is 13.0. The minimum Gasteiger partial charge on any atom is -0.494 e. The van der Waals surface area contributed by atoms with Gasteiger partial charge < -0.3 is 9.72 Å². The van der Waals surface area contributed by atoms with Crippen molar-refractivity contribution in [3.63, 3.8) is 0 Å². The lowest BCUT2D eigenvalue weighted by atomic mass is 10.2. The molecule has 118 valence electrons. The largest absolute Gasteiger partial charge is 0.494 e. The van der Waals surface area contributed by atoms with Crippen LogP contribution in [0.2, 0.25) is 0 Å². The number of aromatic nitrogens is 2. The van der Waals surface area contributed by atoms with E-state index in [2.05, 4.69) is 4.98 Å². The minimum atomic E-state index is -0.0210. The number of nitrogens with zero attached hydrogens (tertiary/aromatic N) is 1. The van der Waals surface area contributed by atoms with Crippen molar-refractivity contribution in [1.82, 2.24) is 9.55 Å². The maximum Gasteiger partial charge on any atom is 0.267 e. The zero-order valence-corrected chi connectivity index (χ0v) is 14.4. The molecule has 0 saturated carbocycles. The summed E-state index contributed by atoms with van der Waals surface area (Å²) >= 11 is 7.09. The van der Waals surface area contributed by atoms with Gasteiger partial charge in [0.05, 0.1) is 17.7 Å². The monoisotopic (exact) mass is 344 g/mol. The van der Waals surface area contributed by atoms with Crippen molar-refractivity contribution in [1.29, 1.82) is 0 Å². The van der Waals surface area contributed by atoms with Crippen molar-refractivity contribution in [3.05, 3.63) is 49.8 Å². The van der Waals surface area contributed by atoms with E-state index in [0.717, 1.165) is 40.9 Å². The summed E-state index contributed by atoms with van der Waals surface area (Å²) in [7, 11) is 0. The van der Waals surface area contributed by atoms with E-state index < -0.39 is 0 Å². The predicted octanol–water partition coefficient (Wildman–Crippen LogP) is 4.00. The fraction of sp³-hybridized carbons (Fsp3) is 0.294. The van der Waals surface area contributed by atoms with Gasteiger partial charge in [-0.05, 0) is 68.2 Å². The number of benzene rings is 1. The van der Waals surface area contributed by atoms with Gasteiger partial charge in [-0.2, -0.15) is 0 Å². The molecule has 0 bridgehead atoms. The molecule has 0 amide bonds. The highest BCUT2D eigenvalue weighted by Crippen LogP contribution is 2.34. The molecule has 0 saturated heterocycles. The van der Waals surface area contributed by atoms with Gasteiger partial charge in [0.2, 0.25) is 0 Å². The summed E-state index contributed by atoms with van der Waals surface area (Å²) in [5, 5.41) is 0.810. The molecule has 1 aliphatic carbocycles. The van der Waals surface area contributed by atoms with Crippen LogP contribution in [0.25, 0.3) is 15.9 Å². The van der Waals surface area contributed by atoms with Crippen LogP contribution < -0.4 is 10.3 Å². The highest BCUT2D eigenvalue weighted by molar-refractivity contribution is 7.71. The van der Waals surface area contributed by atoms with Gasteiger partial charge in [0.15, 0.2) is 4.77 Å². The quantitative estimate of drug-likeness (QED) is 0.731. The Morgan fingerprint density at radius 1 is 1.30 bits per heavy atom. The Hall–Kier alpha value is -1.92. The summed E-state index contributed by atoms with van der Waals surface area (Å²) in [4.78, 5) is 18.5. The smallest absolute Gasteiger partial charge is 0.267 e. The molecule has 1 N–H and O–H groups in total. The van der Waals surface area contributed by atoms with Gasteiger partial charge >= 0.3 is 0 Å². The number of thiophene rings is 1. The number of H-pyrrole nitrogens is 1. The summed E-state index contributed by atoms with van der Waals surface area (Å²) in [5.41, 5.74) is 1.95. The highest BCUT2D eigenvalue weighted by Gasteiger charge is 2.21. The number of nitrogens with one attached hydrogen (secondary N) is 1. The third kappa shape index (κ3) is 2.33. The van der Waals surface area contributed by atoms with Crippen LogP contribution in [0.15, 0.2) is 29.1 Å². The molecule has 1 aromatic carbocycles. The second-order valence-electron chi connectivity index (χ2n) is 5.56. The molecular formula is C17H16N2O2S2. The van der Waals surface area contributed by atoms with Gasteiger partial charge in [0.25, 0.3) is 5.56 Å². The number of fused-ring (bicyclic) bond motifs is 3. The Labute approximate surface area is 142 Å². The Morgan fingerprint density at radius 2 is 2.09 bits per heavy atom. The van der Waals surface area contributed by atoms with E-state index in [1.807, 2.05) is 31.2 Å². The molecule has 0 spiro atoms. The average Bonchev–Trinajstić information content (AvgIpc) is 3.09. The van der Waals surface area contributed by atoms with E-state index in [9.17, 15) is 4.79 Å². The Morgan fingerprint density at radius 3 is 2.83 bits per heavy atom. The number of aryl methyl sites for hydroxylation is 2. The van der Waals surface area contributed by atoms with Gasteiger partial charge in [0.1, 0.15) is 10.6 Å². The first kappa shape index (κ1) is 14.7. The van der Waals surface area contributed by atoms with Crippen LogP contribution in [-0.4, -0.2) is 16.2 Å². The van der Waals surface area contributed by atoms with Gasteiger partial charge in [-0.1, -0.05) is 0 Å². The molecule has 6 heteroatoms. The molecular weight excluding hydrogens is 328 g/mol. The number of rotatable bonds is 3. The number of aromatic amines is 1. The molecule has 2 heterocycles. The summed E-state index contributed by atoms with van der Waals surface area (Å²) in [6.45, 7) is 2.56. The fourth-order valence-electron chi connectivity index (χ4n) is 3.17. The van der Waals surface area contributed by atoms with E-state index in [4.69, 9.17) is 17.0 Å². The van der Waals surface area contributed by atoms with Crippen LogP contribution in [0, 0.1) is 4.77 Å². The van der Waals surface area contributed by atoms with Crippen LogP contribution in [0.1, 0.15) is 23.8 Å². The zero-order valence-electron chi connectivity index (χ0n) is 12.7. The predicted molar refractivity (Wildman–Crippen MR) is 95.8 cm³/mol. The van der Waals surface area contributed by atoms with Crippen LogP contribution in [0.4, 0.5) is 0 Å². The molecule has 0 fully saturated rings. The molecule has 4 nitrogen and oxygen atoms in total. The fourth-order valence-corrected chi connectivity index (χ4v) is 4.80. The lowest BCUT2D eigenvalue weighted by Gasteiger charge is -2.08. The van der Waals surface area contributed by atoms with E-state index >= 15 is 0 Å². The van der Waals surface area contributed by atoms with Crippen LogP contribution in [-0.2, 0) is 12.8 Å². The van der Waals surface area contributed by atoms with Gasteiger partial charge in [-0.25, -0.2) is 0 Å². The van der Waals surface area contributed by atoms with Crippen LogP contribution in [0.5, 0.6) is 5.75 Å². The molecule has 3 aromatic rings. The second kappa shape index (κ2) is 5.62. The topological polar surface area (TPSA) is 47.0 Å². The molecule has 0 radical (unpaired) electrons. The van der Waals surface area contributed by atoms with Crippen LogP contribution >= 0.6 is 23.6 Å². The maximum atomic E-state index is 13.0. The normalized spacial score (nSPS) is 13.4. The molecule has 0 aliphatic heterocycles. The summed E-state index contributed by atoms with van der Waals surface area (Å²) in [6.07, 6.45) is 3.19. The lowest BCUT2D eigenvalue weighted by molar-refractivity contribution is 0.340. The third-order valence-electron chi connectivity index (χ3n) is 4.17. The number of hydrogen-bond donors (Lipinski definition) is 1. The van der Waals surface area contributed by atoms with Crippen molar-refractivity contribution in [2.45, 2.75) is 26.2 Å². The Bertz CT molecular complexity index is 996. The molecule has 1 aliphatic rings. The summed E-state index contributed by atoms with van der Waals surface area (Å²) in [6, 6.07) is 7.47. The molecule has 0 unspecified atom stereocenters. The Balaban J connectivity index is 1.93. The number of ether oxygens (including phenoxy) is 1. The van der Waals surface area contributed by atoms with Gasteiger partial charge in [-0.3, -0.25) is 9.36 Å². The molecule has 2 aromatic heterocycles. The van der Waals surface area contributed by atoms with Gasteiger partial charge in [0, 0.05) is 4.88 Å². The first-order valence-corrected chi connectivity index (χ1v) is 8.94. The first-order chi connectivity index (χ1) is 11.2.